The fourth-order valence-corrected chi connectivity index (χ4v) is 1.67. The molecule has 0 bridgehead atoms. The zero-order chi connectivity index (χ0) is 15.9. The Morgan fingerprint density at radius 2 is 1.91 bits per heavy atom. The topological polar surface area (TPSA) is 96.2 Å². The van der Waals surface area contributed by atoms with E-state index in [0.717, 1.165) is 12.8 Å². The first kappa shape index (κ1) is 23.5. The van der Waals surface area contributed by atoms with E-state index < -0.39 is 5.97 Å². The molecule has 0 aromatic carbocycles. The molecule has 0 rings (SSSR count). The molecule has 0 saturated carbocycles. The van der Waals surface area contributed by atoms with Crippen LogP contribution in [0.4, 0.5) is 0 Å². The summed E-state index contributed by atoms with van der Waals surface area (Å²) < 4.78 is 0. The van der Waals surface area contributed by atoms with Gasteiger partial charge in [0.05, 0.1) is 13.1 Å². The summed E-state index contributed by atoms with van der Waals surface area (Å²) >= 11 is 0. The van der Waals surface area contributed by atoms with E-state index in [2.05, 4.69) is 18.0 Å². The molecule has 6 nitrogen and oxygen atoms in total. The van der Waals surface area contributed by atoms with Gasteiger partial charge in [0.2, 0.25) is 0 Å². The van der Waals surface area contributed by atoms with Gasteiger partial charge in [0.1, 0.15) is 0 Å². The van der Waals surface area contributed by atoms with Gasteiger partial charge in [-0.1, -0.05) is 25.5 Å². The number of carboxylic acids is 1. The van der Waals surface area contributed by atoms with E-state index in [1.54, 1.807) is 4.90 Å². The molecule has 0 aliphatic heterocycles. The minimum atomic E-state index is -0.878. The Morgan fingerprint density at radius 3 is 2.50 bits per heavy atom. The number of hydrogen-bond acceptors (Lipinski definition) is 5. The molecule has 22 heavy (non-hydrogen) atoms. The van der Waals surface area contributed by atoms with Crippen molar-refractivity contribution in [1.82, 2.24) is 4.90 Å². The van der Waals surface area contributed by atoms with Crippen LogP contribution in [0.3, 0.4) is 0 Å². The quantitative estimate of drug-likeness (QED) is 0.178. The zero-order valence-electron chi connectivity index (χ0n) is 13.8. The van der Waals surface area contributed by atoms with E-state index in [-0.39, 0.29) is 44.5 Å². The van der Waals surface area contributed by atoms with Crippen molar-refractivity contribution in [3.8, 4) is 0 Å². The van der Waals surface area contributed by atoms with Gasteiger partial charge >= 0.3 is 24.8 Å². The maximum Gasteiger partial charge on any atom is 1.00 e. The summed E-state index contributed by atoms with van der Waals surface area (Å²) in [6, 6.07) is 0. The van der Waals surface area contributed by atoms with Crippen LogP contribution in [0.15, 0.2) is 17.1 Å². The van der Waals surface area contributed by atoms with Crippen LogP contribution in [0.2, 0.25) is 0 Å². The van der Waals surface area contributed by atoms with E-state index in [1.165, 1.54) is 0 Å². The maximum atomic E-state index is 11.6. The van der Waals surface area contributed by atoms with Crippen LogP contribution >= 0.6 is 0 Å². The summed E-state index contributed by atoms with van der Waals surface area (Å²) in [6.45, 7) is 3.22. The van der Waals surface area contributed by atoms with Crippen LogP contribution < -0.4 is 24.0 Å². The standard InChI is InChI=1S/C15H28N2O4.Li/c1-2-3-4-5-6-8-14(19)16-13-17(10-7-12-18)11-9-15(20)21;/h4-5,18H,2-3,6-13H2,1H3,(H,16,19)(H,20,21);/q;+1/p-1/b5-4+;. The van der Waals surface area contributed by atoms with Gasteiger partial charge in [0, 0.05) is 19.7 Å². The number of nitrogens with zero attached hydrogens (tertiary/aromatic N) is 2. The van der Waals surface area contributed by atoms with Crippen molar-refractivity contribution >= 4 is 11.9 Å². The second-order valence-corrected chi connectivity index (χ2v) is 4.83. The summed E-state index contributed by atoms with van der Waals surface area (Å²) in [5, 5.41) is 29.1. The molecule has 2 N–H and O–H groups in total. The summed E-state index contributed by atoms with van der Waals surface area (Å²) in [7, 11) is 0. The van der Waals surface area contributed by atoms with E-state index in [1.807, 2.05) is 6.08 Å². The van der Waals surface area contributed by atoms with Crippen LogP contribution in [0.1, 0.15) is 45.4 Å². The molecular formula is C15H27LiN2O4. The van der Waals surface area contributed by atoms with Gasteiger partial charge in [-0.2, -0.15) is 0 Å². The van der Waals surface area contributed by atoms with Gasteiger partial charge in [-0.15, -0.1) is 0 Å². The molecule has 0 saturated heterocycles. The Hall–Kier alpha value is -0.803. The number of allylic oxidation sites excluding steroid dienone is 2. The Labute approximate surface area is 145 Å². The third-order valence-electron chi connectivity index (χ3n) is 2.87. The fraction of sp³-hybridized carbons (Fsp3) is 0.733. The molecule has 7 heteroatoms. The SMILES string of the molecule is CCC/C=C/CCC([O-])=NCN(CCCO)CCC(=O)O.[Li+]. The molecule has 0 fully saturated rings. The van der Waals surface area contributed by atoms with Crippen molar-refractivity contribution in [3.05, 3.63) is 12.2 Å². The predicted octanol–water partition coefficient (Wildman–Crippen LogP) is -2.00. The number of aliphatic hydroxyl groups is 1. The summed E-state index contributed by atoms with van der Waals surface area (Å²) in [6.07, 6.45) is 7.80. The third kappa shape index (κ3) is 15.6. The molecule has 0 unspecified atom stereocenters. The van der Waals surface area contributed by atoms with Crippen molar-refractivity contribution < 1.29 is 39.0 Å². The first-order valence-corrected chi connectivity index (χ1v) is 7.50. The van der Waals surface area contributed by atoms with Gasteiger partial charge in [-0.05, 0) is 31.6 Å². The molecular weight excluding hydrogens is 279 g/mol. The van der Waals surface area contributed by atoms with Crippen molar-refractivity contribution in [2.24, 2.45) is 4.99 Å². The number of carbonyl (C=O) groups is 1. The number of rotatable bonds is 13. The van der Waals surface area contributed by atoms with Gasteiger partial charge in [0.15, 0.2) is 0 Å². The third-order valence-corrected chi connectivity index (χ3v) is 2.87. The van der Waals surface area contributed by atoms with E-state index >= 15 is 0 Å². The molecule has 0 spiro atoms. The van der Waals surface area contributed by atoms with Gasteiger partial charge in [0.25, 0.3) is 0 Å². The molecule has 122 valence electrons. The minimum absolute atomic E-state index is 0. The van der Waals surface area contributed by atoms with Gasteiger partial charge in [-0.3, -0.25) is 14.7 Å². The van der Waals surface area contributed by atoms with Crippen molar-refractivity contribution in [2.45, 2.75) is 45.4 Å². The molecule has 0 atom stereocenters. The van der Waals surface area contributed by atoms with E-state index in [0.29, 0.717) is 32.4 Å². The number of unbranched alkanes of at least 4 members (excludes halogenated alkanes) is 1. The van der Waals surface area contributed by atoms with Crippen molar-refractivity contribution in [2.75, 3.05) is 26.4 Å². The van der Waals surface area contributed by atoms with Gasteiger partial charge in [-0.25, -0.2) is 0 Å². The second kappa shape index (κ2) is 16.6. The van der Waals surface area contributed by atoms with Crippen molar-refractivity contribution in [3.63, 3.8) is 0 Å². The second-order valence-electron chi connectivity index (χ2n) is 4.83. The van der Waals surface area contributed by atoms with Crippen LogP contribution in [-0.4, -0.2) is 53.3 Å². The predicted molar refractivity (Wildman–Crippen MR) is 81.1 cm³/mol. The Kier molecular flexibility index (Phi) is 17.7. The van der Waals surface area contributed by atoms with Crippen LogP contribution in [0, 0.1) is 0 Å². The number of carboxylic acid groups (broad SMARTS) is 1. The smallest absolute Gasteiger partial charge is 0.862 e. The molecule has 0 aliphatic rings. The minimum Gasteiger partial charge on any atom is -0.862 e. The molecule has 0 heterocycles. The number of hydrogen-bond donors (Lipinski definition) is 2. The number of aliphatic imine (C=N–C) groups is 1. The molecule has 0 aromatic heterocycles. The monoisotopic (exact) mass is 306 g/mol. The number of aliphatic hydroxyl groups excluding tert-OH is 1. The summed E-state index contributed by atoms with van der Waals surface area (Å²) in [5.41, 5.74) is 0. The van der Waals surface area contributed by atoms with Gasteiger partial charge < -0.3 is 15.3 Å². The van der Waals surface area contributed by atoms with Crippen LogP contribution in [0.25, 0.3) is 0 Å². The summed E-state index contributed by atoms with van der Waals surface area (Å²) in [5.74, 6) is -1.04. The Bertz CT molecular complexity index is 336. The van der Waals surface area contributed by atoms with Crippen molar-refractivity contribution in [1.29, 1.82) is 0 Å². The molecule has 0 radical (unpaired) electrons. The van der Waals surface area contributed by atoms with Crippen LogP contribution in [0.5, 0.6) is 0 Å². The molecule has 0 amide bonds. The van der Waals surface area contributed by atoms with E-state index in [4.69, 9.17) is 10.2 Å². The first-order valence-electron chi connectivity index (χ1n) is 7.50. The van der Waals surface area contributed by atoms with E-state index in [9.17, 15) is 9.90 Å². The largest absolute Gasteiger partial charge is 1.00 e. The average Bonchev–Trinajstić information content (AvgIpc) is 2.46. The molecule has 0 aliphatic carbocycles. The maximum absolute atomic E-state index is 11.6. The normalized spacial score (nSPS) is 11.9. The average molecular weight is 306 g/mol. The Morgan fingerprint density at radius 1 is 1.23 bits per heavy atom. The zero-order valence-corrected chi connectivity index (χ0v) is 13.8. The first-order chi connectivity index (χ1) is 10.1. The number of aliphatic carboxylic acids is 1. The van der Waals surface area contributed by atoms with Crippen LogP contribution in [-0.2, 0) is 4.79 Å². The molecule has 0 aromatic rings. The summed E-state index contributed by atoms with van der Waals surface area (Å²) in [4.78, 5) is 16.3. The fourth-order valence-electron chi connectivity index (χ4n) is 1.67. The Balaban J connectivity index is 0.